The van der Waals surface area contributed by atoms with Crippen LogP contribution in [0.3, 0.4) is 0 Å². The van der Waals surface area contributed by atoms with Crippen molar-refractivity contribution in [2.45, 2.75) is 39.5 Å². The molecule has 6 nitrogen and oxygen atoms in total. The third-order valence-electron chi connectivity index (χ3n) is 4.26. The lowest BCUT2D eigenvalue weighted by atomic mass is 10.1. The molecule has 6 heteroatoms. The molecule has 28 heavy (non-hydrogen) atoms. The molecule has 0 aliphatic rings. The van der Waals surface area contributed by atoms with Gasteiger partial charge in [-0.25, -0.2) is 0 Å². The van der Waals surface area contributed by atoms with Crippen molar-refractivity contribution in [1.29, 1.82) is 0 Å². The van der Waals surface area contributed by atoms with Gasteiger partial charge >= 0.3 is 5.97 Å². The average molecular weight is 382 g/mol. The summed E-state index contributed by atoms with van der Waals surface area (Å²) >= 11 is 0. The maximum atomic E-state index is 12.1. The van der Waals surface area contributed by atoms with Crippen LogP contribution in [0.1, 0.15) is 37.3 Å². The van der Waals surface area contributed by atoms with Crippen molar-refractivity contribution in [2.75, 3.05) is 17.2 Å². The van der Waals surface area contributed by atoms with Gasteiger partial charge in [0.05, 0.1) is 13.0 Å². The van der Waals surface area contributed by atoms with Gasteiger partial charge in [0.25, 0.3) is 0 Å². The van der Waals surface area contributed by atoms with Crippen LogP contribution in [0.25, 0.3) is 0 Å². The molecule has 2 rings (SSSR count). The summed E-state index contributed by atoms with van der Waals surface area (Å²) in [5, 5.41) is 5.58. The van der Waals surface area contributed by atoms with Crippen LogP contribution in [0.15, 0.2) is 48.5 Å². The zero-order valence-corrected chi connectivity index (χ0v) is 16.3. The van der Waals surface area contributed by atoms with E-state index in [1.807, 2.05) is 37.3 Å². The van der Waals surface area contributed by atoms with Crippen LogP contribution in [0.4, 0.5) is 11.4 Å². The Morgan fingerprint density at radius 3 is 2.14 bits per heavy atom. The van der Waals surface area contributed by atoms with Gasteiger partial charge in [-0.3, -0.25) is 14.4 Å². The standard InChI is InChI=1S/C22H26N2O4/c1-3-20(25)23-18-10-7-11-19(16(18)2)24-21(26)12-13-22(27)28-15-14-17-8-5-4-6-9-17/h4-11H,3,12-15H2,1-2H3,(H,23,25)(H,24,26). The molecule has 2 aromatic carbocycles. The Morgan fingerprint density at radius 2 is 1.50 bits per heavy atom. The lowest BCUT2D eigenvalue weighted by Crippen LogP contribution is -2.17. The zero-order chi connectivity index (χ0) is 20.4. The molecule has 148 valence electrons. The van der Waals surface area contributed by atoms with Crippen molar-refractivity contribution in [2.24, 2.45) is 0 Å². The van der Waals surface area contributed by atoms with Crippen molar-refractivity contribution in [3.63, 3.8) is 0 Å². The number of rotatable bonds is 9. The molecule has 0 bridgehead atoms. The zero-order valence-electron chi connectivity index (χ0n) is 16.3. The number of hydrogen-bond acceptors (Lipinski definition) is 4. The molecule has 0 aliphatic heterocycles. The molecule has 2 amide bonds. The Labute approximate surface area is 165 Å². The molecule has 0 saturated carbocycles. The van der Waals surface area contributed by atoms with Crippen LogP contribution in [0, 0.1) is 6.92 Å². The molecular formula is C22H26N2O4. The van der Waals surface area contributed by atoms with Gasteiger partial charge in [0.2, 0.25) is 11.8 Å². The first-order valence-corrected chi connectivity index (χ1v) is 9.38. The third-order valence-corrected chi connectivity index (χ3v) is 4.26. The van der Waals surface area contributed by atoms with E-state index >= 15 is 0 Å². The van der Waals surface area contributed by atoms with Crippen molar-refractivity contribution in [3.05, 3.63) is 59.7 Å². The normalized spacial score (nSPS) is 10.2. The van der Waals surface area contributed by atoms with Crippen molar-refractivity contribution >= 4 is 29.2 Å². The van der Waals surface area contributed by atoms with Gasteiger partial charge in [0.15, 0.2) is 0 Å². The minimum absolute atomic E-state index is 0.0198. The number of nitrogens with one attached hydrogen (secondary N) is 2. The molecule has 0 heterocycles. The minimum Gasteiger partial charge on any atom is -0.465 e. The van der Waals surface area contributed by atoms with E-state index < -0.39 is 5.97 Å². The van der Waals surface area contributed by atoms with Crippen molar-refractivity contribution in [3.8, 4) is 0 Å². The highest BCUT2D eigenvalue weighted by atomic mass is 16.5. The van der Waals surface area contributed by atoms with E-state index in [0.717, 1.165) is 11.1 Å². The summed E-state index contributed by atoms with van der Waals surface area (Å²) < 4.78 is 5.18. The number of amides is 2. The summed E-state index contributed by atoms with van der Waals surface area (Å²) in [6.45, 7) is 3.89. The number of ether oxygens (including phenoxy) is 1. The minimum atomic E-state index is -0.397. The van der Waals surface area contributed by atoms with Gasteiger partial charge in [0, 0.05) is 30.6 Å². The second kappa shape index (κ2) is 10.9. The van der Waals surface area contributed by atoms with Crippen molar-refractivity contribution in [1.82, 2.24) is 0 Å². The largest absolute Gasteiger partial charge is 0.465 e. The summed E-state index contributed by atoms with van der Waals surface area (Å²) in [5.41, 5.74) is 3.13. The van der Waals surface area contributed by atoms with Gasteiger partial charge in [-0.15, -0.1) is 0 Å². The van der Waals surface area contributed by atoms with Crippen LogP contribution >= 0.6 is 0 Å². The topological polar surface area (TPSA) is 84.5 Å². The fraction of sp³-hybridized carbons (Fsp3) is 0.318. The Kier molecular flexibility index (Phi) is 8.21. The molecule has 0 aromatic heterocycles. The highest BCUT2D eigenvalue weighted by Gasteiger charge is 2.11. The van der Waals surface area contributed by atoms with E-state index in [9.17, 15) is 14.4 Å². The predicted molar refractivity (Wildman–Crippen MR) is 109 cm³/mol. The smallest absolute Gasteiger partial charge is 0.306 e. The molecule has 0 saturated heterocycles. The second-order valence-electron chi connectivity index (χ2n) is 6.38. The first-order valence-electron chi connectivity index (χ1n) is 9.38. The highest BCUT2D eigenvalue weighted by molar-refractivity contribution is 5.96. The summed E-state index contributed by atoms with van der Waals surface area (Å²) in [4.78, 5) is 35.5. The van der Waals surface area contributed by atoms with E-state index in [0.29, 0.717) is 30.8 Å². The van der Waals surface area contributed by atoms with Crippen LogP contribution in [0.5, 0.6) is 0 Å². The summed E-state index contributed by atoms with van der Waals surface area (Å²) in [6, 6.07) is 15.0. The lowest BCUT2D eigenvalue weighted by molar-refractivity contribution is -0.144. The molecule has 0 spiro atoms. The van der Waals surface area contributed by atoms with Crippen LogP contribution in [0.2, 0.25) is 0 Å². The Balaban J connectivity index is 1.76. The van der Waals surface area contributed by atoms with Gasteiger partial charge in [-0.1, -0.05) is 43.3 Å². The number of carbonyl (C=O) groups excluding carboxylic acids is 3. The molecule has 2 N–H and O–H groups in total. The molecule has 0 fully saturated rings. The Hall–Kier alpha value is -3.15. The number of benzene rings is 2. The van der Waals surface area contributed by atoms with Crippen LogP contribution in [-0.2, 0) is 25.5 Å². The van der Waals surface area contributed by atoms with E-state index in [2.05, 4.69) is 10.6 Å². The number of esters is 1. The third kappa shape index (κ3) is 6.87. The maximum Gasteiger partial charge on any atom is 0.306 e. The lowest BCUT2D eigenvalue weighted by Gasteiger charge is -2.13. The average Bonchev–Trinajstić information content (AvgIpc) is 2.70. The SMILES string of the molecule is CCC(=O)Nc1cccc(NC(=O)CCC(=O)OCCc2ccccc2)c1C. The molecule has 0 unspecified atom stereocenters. The van der Waals surface area contributed by atoms with Gasteiger partial charge in [-0.05, 0) is 30.2 Å². The Bertz CT molecular complexity index is 819. The quantitative estimate of drug-likeness (QED) is 0.645. The second-order valence-corrected chi connectivity index (χ2v) is 6.38. The van der Waals surface area contributed by atoms with Crippen LogP contribution in [-0.4, -0.2) is 24.4 Å². The number of hydrogen-bond donors (Lipinski definition) is 2. The molecular weight excluding hydrogens is 356 g/mol. The summed E-state index contributed by atoms with van der Waals surface area (Å²) in [7, 11) is 0. The first-order chi connectivity index (χ1) is 13.5. The van der Waals surface area contributed by atoms with E-state index in [1.54, 1.807) is 25.1 Å². The molecule has 0 atom stereocenters. The molecule has 0 aliphatic carbocycles. The number of anilines is 2. The molecule has 2 aromatic rings. The predicted octanol–water partition coefficient (Wildman–Crippen LogP) is 3.85. The van der Waals surface area contributed by atoms with Gasteiger partial charge in [0.1, 0.15) is 0 Å². The highest BCUT2D eigenvalue weighted by Crippen LogP contribution is 2.23. The first kappa shape index (κ1) is 21.2. The maximum absolute atomic E-state index is 12.1. The monoisotopic (exact) mass is 382 g/mol. The Morgan fingerprint density at radius 1 is 0.857 bits per heavy atom. The van der Waals surface area contributed by atoms with E-state index in [4.69, 9.17) is 4.74 Å². The fourth-order valence-electron chi connectivity index (χ4n) is 2.57. The van der Waals surface area contributed by atoms with Crippen LogP contribution < -0.4 is 10.6 Å². The molecule has 0 radical (unpaired) electrons. The van der Waals surface area contributed by atoms with E-state index in [-0.39, 0.29) is 24.7 Å². The summed E-state index contributed by atoms with van der Waals surface area (Å²) in [6.07, 6.45) is 1.08. The van der Waals surface area contributed by atoms with Gasteiger partial charge in [-0.2, -0.15) is 0 Å². The number of carbonyl (C=O) groups is 3. The summed E-state index contributed by atoms with van der Waals surface area (Å²) in [5.74, 6) is -0.765. The van der Waals surface area contributed by atoms with Gasteiger partial charge < -0.3 is 15.4 Å². The fourth-order valence-corrected chi connectivity index (χ4v) is 2.57. The van der Waals surface area contributed by atoms with E-state index in [1.165, 1.54) is 0 Å². The van der Waals surface area contributed by atoms with Crippen molar-refractivity contribution < 1.29 is 19.1 Å².